The summed E-state index contributed by atoms with van der Waals surface area (Å²) in [7, 11) is 0. The highest BCUT2D eigenvalue weighted by atomic mass is 16.5. The van der Waals surface area contributed by atoms with E-state index in [4.69, 9.17) is 4.74 Å². The van der Waals surface area contributed by atoms with Crippen molar-refractivity contribution in [1.82, 2.24) is 10.2 Å². The largest absolute Gasteiger partial charge is 0.379 e. The maximum Gasteiger partial charge on any atom is 0.223 e. The Morgan fingerprint density at radius 1 is 0.886 bits per heavy atom. The third kappa shape index (κ3) is 18.0. The van der Waals surface area contributed by atoms with Gasteiger partial charge in [0.2, 0.25) is 5.91 Å². The van der Waals surface area contributed by atoms with Crippen LogP contribution in [0, 0.1) is 11.8 Å². The van der Waals surface area contributed by atoms with Crippen molar-refractivity contribution in [3.63, 3.8) is 0 Å². The number of carbonyl (C=O) groups is 1. The average molecular weight is 607 g/mol. The lowest BCUT2D eigenvalue weighted by Crippen LogP contribution is -2.39. The van der Waals surface area contributed by atoms with E-state index in [1.807, 2.05) is 0 Å². The predicted molar refractivity (Wildman–Crippen MR) is 191 cm³/mol. The first-order chi connectivity index (χ1) is 21.1. The summed E-state index contributed by atoms with van der Waals surface area (Å²) in [4.78, 5) is 15.8. The molecule has 0 spiro atoms. The van der Waals surface area contributed by atoms with Gasteiger partial charge >= 0.3 is 0 Å². The number of nitrogens with one attached hydrogen (secondary N) is 1. The quantitative estimate of drug-likeness (QED) is 0.111. The molecule has 44 heavy (non-hydrogen) atoms. The Bertz CT molecular complexity index is 1010. The van der Waals surface area contributed by atoms with Crippen molar-refractivity contribution in [3.8, 4) is 0 Å². The molecule has 0 unspecified atom stereocenters. The first-order valence-electron chi connectivity index (χ1n) is 17.6. The van der Waals surface area contributed by atoms with Crippen molar-refractivity contribution < 1.29 is 9.53 Å². The fraction of sp³-hybridized carbons (Fsp3) is 0.675. The van der Waals surface area contributed by atoms with Gasteiger partial charge in [-0.3, -0.25) is 9.69 Å². The zero-order chi connectivity index (χ0) is 32.2. The van der Waals surface area contributed by atoms with Gasteiger partial charge in [0.15, 0.2) is 0 Å². The zero-order valence-electron chi connectivity index (χ0n) is 29.4. The van der Waals surface area contributed by atoms with E-state index in [1.54, 1.807) is 0 Å². The molecule has 2 atom stereocenters. The molecule has 0 aromatic carbocycles. The van der Waals surface area contributed by atoms with E-state index < -0.39 is 0 Å². The van der Waals surface area contributed by atoms with Crippen molar-refractivity contribution >= 4 is 5.91 Å². The van der Waals surface area contributed by atoms with Crippen LogP contribution in [0.25, 0.3) is 0 Å². The van der Waals surface area contributed by atoms with Crippen LogP contribution in [-0.2, 0) is 9.53 Å². The van der Waals surface area contributed by atoms with Gasteiger partial charge in [-0.05, 0) is 137 Å². The molecule has 248 valence electrons. The van der Waals surface area contributed by atoms with Gasteiger partial charge in [-0.1, -0.05) is 70.4 Å². The molecular formula is C40H66N2O2. The molecular weight excluding hydrogens is 540 g/mol. The Labute approximate surface area is 271 Å². The molecule has 0 radical (unpaired) electrons. The SMILES string of the molecule is C=C(CC/C=C(\C)CCC=C(C)C)CC[C@@H]1C=C(CC/C=C(\C)CCC=C(C)C)C[C@@H](C(=O)NCCCN2CCOCC2)C1. The van der Waals surface area contributed by atoms with Crippen molar-refractivity contribution in [2.75, 3.05) is 39.4 Å². The van der Waals surface area contributed by atoms with E-state index in [9.17, 15) is 4.79 Å². The summed E-state index contributed by atoms with van der Waals surface area (Å²) in [5.74, 6) is 0.804. The molecule has 1 aliphatic heterocycles. The predicted octanol–water partition coefficient (Wildman–Crippen LogP) is 10.1. The maximum absolute atomic E-state index is 13.3. The Kier molecular flexibility index (Phi) is 19.3. The fourth-order valence-electron chi connectivity index (χ4n) is 6.23. The van der Waals surface area contributed by atoms with Crippen LogP contribution in [0.5, 0.6) is 0 Å². The Hall–Kier alpha value is -2.17. The third-order valence-electron chi connectivity index (χ3n) is 8.99. The second kappa shape index (κ2) is 22.4. The molecule has 0 bridgehead atoms. The minimum Gasteiger partial charge on any atom is -0.379 e. The minimum atomic E-state index is 0.0887. The highest BCUT2D eigenvalue weighted by Gasteiger charge is 2.27. The van der Waals surface area contributed by atoms with Gasteiger partial charge in [0.1, 0.15) is 0 Å². The van der Waals surface area contributed by atoms with Crippen LogP contribution in [0.1, 0.15) is 125 Å². The molecule has 1 fully saturated rings. The molecule has 1 N–H and O–H groups in total. The van der Waals surface area contributed by atoms with E-state index in [0.29, 0.717) is 5.92 Å². The molecule has 0 saturated carbocycles. The summed E-state index contributed by atoms with van der Waals surface area (Å²) in [6.45, 7) is 23.1. The summed E-state index contributed by atoms with van der Waals surface area (Å²) in [6.07, 6.45) is 25.8. The van der Waals surface area contributed by atoms with Crippen molar-refractivity contribution in [2.24, 2.45) is 11.8 Å². The Balaban J connectivity index is 1.88. The zero-order valence-corrected chi connectivity index (χ0v) is 29.4. The van der Waals surface area contributed by atoms with E-state index in [0.717, 1.165) is 123 Å². The van der Waals surface area contributed by atoms with E-state index in [2.05, 4.69) is 88.7 Å². The average Bonchev–Trinajstić information content (AvgIpc) is 2.98. The summed E-state index contributed by atoms with van der Waals surface area (Å²) >= 11 is 0. The van der Waals surface area contributed by atoms with Crippen LogP contribution in [-0.4, -0.2) is 50.2 Å². The third-order valence-corrected chi connectivity index (χ3v) is 8.99. The number of rotatable bonds is 20. The number of carbonyl (C=O) groups excluding carboxylic acids is 1. The molecule has 2 rings (SSSR count). The summed E-state index contributed by atoms with van der Waals surface area (Å²) in [5.41, 5.74) is 8.57. The highest BCUT2D eigenvalue weighted by Crippen LogP contribution is 2.34. The van der Waals surface area contributed by atoms with Crippen molar-refractivity contribution in [2.45, 2.75) is 125 Å². The molecule has 2 aliphatic rings. The molecule has 1 amide bonds. The topological polar surface area (TPSA) is 41.6 Å². The van der Waals surface area contributed by atoms with Crippen LogP contribution >= 0.6 is 0 Å². The van der Waals surface area contributed by atoms with Crippen LogP contribution < -0.4 is 5.32 Å². The van der Waals surface area contributed by atoms with Crippen molar-refractivity contribution in [1.29, 1.82) is 0 Å². The molecule has 1 aliphatic carbocycles. The van der Waals surface area contributed by atoms with Gasteiger partial charge in [0.05, 0.1) is 13.2 Å². The molecule has 4 heteroatoms. The highest BCUT2D eigenvalue weighted by molar-refractivity contribution is 5.79. The number of nitrogens with zero attached hydrogens (tertiary/aromatic N) is 1. The van der Waals surface area contributed by atoms with Gasteiger partial charge in [-0.2, -0.15) is 0 Å². The smallest absolute Gasteiger partial charge is 0.223 e. The molecule has 0 aromatic heterocycles. The Morgan fingerprint density at radius 2 is 1.50 bits per heavy atom. The lowest BCUT2D eigenvalue weighted by Gasteiger charge is -2.29. The number of hydrogen-bond acceptors (Lipinski definition) is 3. The number of amides is 1. The molecule has 4 nitrogen and oxygen atoms in total. The number of morpholine rings is 1. The molecule has 1 heterocycles. The van der Waals surface area contributed by atoms with Gasteiger partial charge in [-0.25, -0.2) is 0 Å². The van der Waals surface area contributed by atoms with E-state index >= 15 is 0 Å². The van der Waals surface area contributed by atoms with Crippen LogP contribution in [0.3, 0.4) is 0 Å². The van der Waals surface area contributed by atoms with Gasteiger partial charge in [0.25, 0.3) is 0 Å². The van der Waals surface area contributed by atoms with Crippen LogP contribution in [0.4, 0.5) is 0 Å². The van der Waals surface area contributed by atoms with Crippen LogP contribution in [0.15, 0.2) is 70.4 Å². The first kappa shape index (κ1) is 38.0. The van der Waals surface area contributed by atoms with E-state index in [1.165, 1.54) is 33.4 Å². The standard InChI is InChI=1S/C40H66N2O2/c1-32(2)13-8-15-34(5)17-10-18-36(7)21-22-38-29-37(20-11-19-35(6)16-9-14-33(3)4)30-39(31-38)40(43)41-23-12-24-42-25-27-44-28-26-42/h13-14,17,19,29,38-39H,7-12,15-16,18,20-28,30-31H2,1-6H3,(H,41,43)/b34-17+,35-19+/t38-,39-/m1/s1. The fourth-order valence-corrected chi connectivity index (χ4v) is 6.23. The van der Waals surface area contributed by atoms with Crippen molar-refractivity contribution in [3.05, 3.63) is 70.4 Å². The maximum atomic E-state index is 13.3. The Morgan fingerprint density at radius 3 is 2.14 bits per heavy atom. The second-order valence-corrected chi connectivity index (χ2v) is 13.9. The lowest BCUT2D eigenvalue weighted by molar-refractivity contribution is -0.125. The van der Waals surface area contributed by atoms with Gasteiger partial charge < -0.3 is 10.1 Å². The summed E-state index contributed by atoms with van der Waals surface area (Å²) in [5, 5.41) is 3.29. The monoisotopic (exact) mass is 607 g/mol. The minimum absolute atomic E-state index is 0.0887. The summed E-state index contributed by atoms with van der Waals surface area (Å²) in [6, 6.07) is 0. The normalized spacial score (nSPS) is 19.7. The number of ether oxygens (including phenoxy) is 1. The lowest BCUT2D eigenvalue weighted by atomic mass is 9.78. The molecule has 0 aromatic rings. The molecule has 1 saturated heterocycles. The van der Waals surface area contributed by atoms with Crippen LogP contribution in [0.2, 0.25) is 0 Å². The number of hydrogen-bond donors (Lipinski definition) is 1. The second-order valence-electron chi connectivity index (χ2n) is 13.9. The first-order valence-corrected chi connectivity index (χ1v) is 17.6. The number of allylic oxidation sites excluding steroid dienone is 11. The van der Waals surface area contributed by atoms with E-state index in [-0.39, 0.29) is 11.8 Å². The summed E-state index contributed by atoms with van der Waals surface area (Å²) < 4.78 is 5.46. The van der Waals surface area contributed by atoms with Gasteiger partial charge in [0, 0.05) is 25.6 Å². The van der Waals surface area contributed by atoms with Gasteiger partial charge in [-0.15, -0.1) is 0 Å².